The second kappa shape index (κ2) is 5.63. The molecule has 1 aromatic rings. The van der Waals surface area contributed by atoms with E-state index in [4.69, 9.17) is 9.84 Å². The quantitative estimate of drug-likeness (QED) is 0.812. The van der Waals surface area contributed by atoms with E-state index in [0.29, 0.717) is 5.92 Å². The fraction of sp³-hybridized carbons (Fsp3) is 0.500. The van der Waals surface area contributed by atoms with E-state index in [9.17, 15) is 4.79 Å². The number of carboxylic acids is 1. The van der Waals surface area contributed by atoms with Gasteiger partial charge in [-0.2, -0.15) is 0 Å². The molecule has 2 rings (SSSR count). The van der Waals surface area contributed by atoms with Crippen molar-refractivity contribution < 1.29 is 14.6 Å². The highest BCUT2D eigenvalue weighted by atomic mass is 16.5. The Morgan fingerprint density at radius 3 is 3.06 bits per heavy atom. The van der Waals surface area contributed by atoms with Crippen LogP contribution in [0.3, 0.4) is 0 Å². The smallest absolute Gasteiger partial charge is 0.354 e. The third kappa shape index (κ3) is 3.42. The molecule has 17 heavy (non-hydrogen) atoms. The predicted octanol–water partition coefficient (Wildman–Crippen LogP) is 1.62. The molecule has 5 nitrogen and oxygen atoms in total. The van der Waals surface area contributed by atoms with Crippen molar-refractivity contribution in [2.75, 3.05) is 25.1 Å². The number of carbonyl (C=O) groups is 1. The maximum atomic E-state index is 10.6. The Kier molecular flexibility index (Phi) is 3.93. The summed E-state index contributed by atoms with van der Waals surface area (Å²) in [7, 11) is 0. The Bertz CT molecular complexity index is 372. The summed E-state index contributed by atoms with van der Waals surface area (Å²) in [5, 5.41) is 11.9. The summed E-state index contributed by atoms with van der Waals surface area (Å²) in [5.41, 5.74) is 0.925. The van der Waals surface area contributed by atoms with Gasteiger partial charge in [0.25, 0.3) is 0 Å². The minimum Gasteiger partial charge on any atom is -0.477 e. The van der Waals surface area contributed by atoms with Crippen LogP contribution in [0, 0.1) is 5.92 Å². The average molecular weight is 236 g/mol. The Morgan fingerprint density at radius 2 is 2.47 bits per heavy atom. The lowest BCUT2D eigenvalue weighted by atomic mass is 10.1. The zero-order valence-electron chi connectivity index (χ0n) is 9.56. The highest BCUT2D eigenvalue weighted by molar-refractivity contribution is 5.85. The summed E-state index contributed by atoms with van der Waals surface area (Å²) in [4.78, 5) is 14.4. The summed E-state index contributed by atoms with van der Waals surface area (Å²) < 4.78 is 5.30. The maximum absolute atomic E-state index is 10.6. The van der Waals surface area contributed by atoms with Gasteiger partial charge in [-0.15, -0.1) is 0 Å². The van der Waals surface area contributed by atoms with Crippen LogP contribution in [-0.2, 0) is 4.74 Å². The van der Waals surface area contributed by atoms with E-state index in [0.717, 1.165) is 38.3 Å². The van der Waals surface area contributed by atoms with Gasteiger partial charge in [0.1, 0.15) is 5.69 Å². The van der Waals surface area contributed by atoms with Crippen molar-refractivity contribution in [3.8, 4) is 0 Å². The standard InChI is InChI=1S/C12H16N2O3/c15-12(16)11-2-1-10(7-14-11)13-5-3-9-4-6-17-8-9/h1-2,7,9,13H,3-6,8H2,(H,15,16). The fourth-order valence-electron chi connectivity index (χ4n) is 1.86. The van der Waals surface area contributed by atoms with Gasteiger partial charge in [0, 0.05) is 19.8 Å². The van der Waals surface area contributed by atoms with Crippen LogP contribution in [0.2, 0.25) is 0 Å². The first-order valence-electron chi connectivity index (χ1n) is 5.76. The van der Waals surface area contributed by atoms with Crippen LogP contribution < -0.4 is 5.32 Å². The number of rotatable bonds is 5. The largest absolute Gasteiger partial charge is 0.477 e. The van der Waals surface area contributed by atoms with Crippen LogP contribution in [-0.4, -0.2) is 35.8 Å². The maximum Gasteiger partial charge on any atom is 0.354 e. The lowest BCUT2D eigenvalue weighted by molar-refractivity contribution is 0.0690. The third-order valence-electron chi connectivity index (χ3n) is 2.89. The van der Waals surface area contributed by atoms with E-state index < -0.39 is 5.97 Å². The third-order valence-corrected chi connectivity index (χ3v) is 2.89. The van der Waals surface area contributed by atoms with Crippen molar-refractivity contribution in [1.82, 2.24) is 4.98 Å². The first-order valence-corrected chi connectivity index (χ1v) is 5.76. The molecule has 92 valence electrons. The Morgan fingerprint density at radius 1 is 1.59 bits per heavy atom. The first-order chi connectivity index (χ1) is 8.25. The Labute approximate surface area is 99.8 Å². The number of carboxylic acid groups (broad SMARTS) is 1. The summed E-state index contributed by atoms with van der Waals surface area (Å²) in [6.07, 6.45) is 3.76. The van der Waals surface area contributed by atoms with E-state index in [1.54, 1.807) is 12.3 Å². The summed E-state index contributed by atoms with van der Waals surface area (Å²) in [5.74, 6) is -0.353. The number of hydrogen-bond acceptors (Lipinski definition) is 4. The molecule has 2 N–H and O–H groups in total. The molecule has 1 aliphatic heterocycles. The number of anilines is 1. The number of aromatic nitrogens is 1. The SMILES string of the molecule is O=C(O)c1ccc(NCCC2CCOC2)cn1. The molecule has 0 bridgehead atoms. The number of nitrogens with zero attached hydrogens (tertiary/aromatic N) is 1. The van der Waals surface area contributed by atoms with Crippen LogP contribution in [0.5, 0.6) is 0 Å². The first kappa shape index (κ1) is 11.9. The molecular weight excluding hydrogens is 220 g/mol. The lowest BCUT2D eigenvalue weighted by Crippen LogP contribution is -2.09. The van der Waals surface area contributed by atoms with Gasteiger partial charge in [-0.3, -0.25) is 0 Å². The molecule has 0 aromatic carbocycles. The second-order valence-corrected chi connectivity index (χ2v) is 4.18. The molecule has 0 spiro atoms. The van der Waals surface area contributed by atoms with Gasteiger partial charge in [-0.25, -0.2) is 9.78 Å². The van der Waals surface area contributed by atoms with Crippen LogP contribution in [0.25, 0.3) is 0 Å². The molecule has 0 aliphatic carbocycles. The number of nitrogens with one attached hydrogen (secondary N) is 1. The fourth-order valence-corrected chi connectivity index (χ4v) is 1.86. The van der Waals surface area contributed by atoms with Gasteiger partial charge >= 0.3 is 5.97 Å². The van der Waals surface area contributed by atoms with E-state index in [-0.39, 0.29) is 5.69 Å². The van der Waals surface area contributed by atoms with Crippen molar-refractivity contribution >= 4 is 11.7 Å². The van der Waals surface area contributed by atoms with Crippen molar-refractivity contribution in [2.45, 2.75) is 12.8 Å². The zero-order valence-corrected chi connectivity index (χ0v) is 9.56. The molecular formula is C12H16N2O3. The molecule has 1 saturated heterocycles. The van der Waals surface area contributed by atoms with Crippen molar-refractivity contribution in [2.24, 2.45) is 5.92 Å². The van der Waals surface area contributed by atoms with Crippen LogP contribution in [0.4, 0.5) is 5.69 Å². The summed E-state index contributed by atoms with van der Waals surface area (Å²) in [6, 6.07) is 3.24. The minimum atomic E-state index is -1.00. The van der Waals surface area contributed by atoms with Gasteiger partial charge in [-0.05, 0) is 30.9 Å². The Hall–Kier alpha value is -1.62. The van der Waals surface area contributed by atoms with E-state index in [1.165, 1.54) is 6.07 Å². The van der Waals surface area contributed by atoms with Gasteiger partial charge in [0.15, 0.2) is 0 Å². The molecule has 2 heterocycles. The molecule has 1 aromatic heterocycles. The van der Waals surface area contributed by atoms with Gasteiger partial charge in [0.2, 0.25) is 0 Å². The van der Waals surface area contributed by atoms with Crippen molar-refractivity contribution in [3.63, 3.8) is 0 Å². The molecule has 1 atom stereocenters. The van der Waals surface area contributed by atoms with E-state index in [1.807, 2.05) is 0 Å². The summed E-state index contributed by atoms with van der Waals surface area (Å²) in [6.45, 7) is 2.60. The number of pyridine rings is 1. The average Bonchev–Trinajstić information content (AvgIpc) is 2.83. The zero-order chi connectivity index (χ0) is 12.1. The van der Waals surface area contributed by atoms with E-state index in [2.05, 4.69) is 10.3 Å². The molecule has 0 saturated carbocycles. The monoisotopic (exact) mass is 236 g/mol. The molecule has 5 heteroatoms. The van der Waals surface area contributed by atoms with Gasteiger partial charge in [0.05, 0.1) is 11.9 Å². The molecule has 0 radical (unpaired) electrons. The highest BCUT2D eigenvalue weighted by Crippen LogP contribution is 2.16. The minimum absolute atomic E-state index is 0.0692. The summed E-state index contributed by atoms with van der Waals surface area (Å²) >= 11 is 0. The van der Waals surface area contributed by atoms with Crippen LogP contribution >= 0.6 is 0 Å². The number of ether oxygens (including phenoxy) is 1. The molecule has 1 fully saturated rings. The number of hydrogen-bond donors (Lipinski definition) is 2. The number of aromatic carboxylic acids is 1. The highest BCUT2D eigenvalue weighted by Gasteiger charge is 2.14. The van der Waals surface area contributed by atoms with Gasteiger partial charge < -0.3 is 15.2 Å². The van der Waals surface area contributed by atoms with Gasteiger partial charge in [-0.1, -0.05) is 0 Å². The molecule has 1 unspecified atom stereocenters. The Balaban J connectivity index is 1.76. The lowest BCUT2D eigenvalue weighted by Gasteiger charge is -2.09. The molecule has 0 amide bonds. The van der Waals surface area contributed by atoms with Crippen molar-refractivity contribution in [1.29, 1.82) is 0 Å². The van der Waals surface area contributed by atoms with Crippen LogP contribution in [0.1, 0.15) is 23.3 Å². The topological polar surface area (TPSA) is 71.5 Å². The predicted molar refractivity (Wildman–Crippen MR) is 63.2 cm³/mol. The second-order valence-electron chi connectivity index (χ2n) is 4.18. The normalized spacial score (nSPS) is 19.2. The molecule has 1 aliphatic rings. The van der Waals surface area contributed by atoms with Crippen LogP contribution in [0.15, 0.2) is 18.3 Å². The van der Waals surface area contributed by atoms with E-state index >= 15 is 0 Å². The van der Waals surface area contributed by atoms with Crippen molar-refractivity contribution in [3.05, 3.63) is 24.0 Å².